The van der Waals surface area contributed by atoms with E-state index in [4.69, 9.17) is 27.9 Å². The van der Waals surface area contributed by atoms with Gasteiger partial charge in [-0.05, 0) is 62.1 Å². The molecule has 154 valence electrons. The molecule has 0 spiro atoms. The Bertz CT molecular complexity index is 911. The Morgan fingerprint density at radius 3 is 2.66 bits per heavy atom. The van der Waals surface area contributed by atoms with Gasteiger partial charge in [-0.1, -0.05) is 35.3 Å². The minimum absolute atomic E-state index is 0.0739. The number of benzene rings is 2. The molecule has 1 aliphatic heterocycles. The van der Waals surface area contributed by atoms with E-state index in [-0.39, 0.29) is 24.5 Å². The Labute approximate surface area is 180 Å². The van der Waals surface area contributed by atoms with Gasteiger partial charge in [0.05, 0.1) is 16.1 Å². The van der Waals surface area contributed by atoms with Crippen molar-refractivity contribution in [3.8, 4) is 0 Å². The third kappa shape index (κ3) is 5.50. The summed E-state index contributed by atoms with van der Waals surface area (Å²) in [7, 11) is 0. The second-order valence-corrected chi connectivity index (χ2v) is 8.06. The molecule has 29 heavy (non-hydrogen) atoms. The van der Waals surface area contributed by atoms with Gasteiger partial charge in [-0.15, -0.1) is 0 Å². The van der Waals surface area contributed by atoms with Crippen molar-refractivity contribution in [3.63, 3.8) is 0 Å². The van der Waals surface area contributed by atoms with Gasteiger partial charge in [-0.25, -0.2) is 0 Å². The van der Waals surface area contributed by atoms with Crippen molar-refractivity contribution in [2.24, 2.45) is 0 Å². The van der Waals surface area contributed by atoms with Gasteiger partial charge in [-0.3, -0.25) is 9.59 Å². The third-order valence-electron chi connectivity index (χ3n) is 5.11. The van der Waals surface area contributed by atoms with Gasteiger partial charge in [0.15, 0.2) is 0 Å². The molecule has 1 heterocycles. The molecule has 1 aliphatic rings. The van der Waals surface area contributed by atoms with Gasteiger partial charge in [0.2, 0.25) is 5.91 Å². The van der Waals surface area contributed by atoms with E-state index in [2.05, 4.69) is 5.32 Å². The molecule has 0 radical (unpaired) electrons. The summed E-state index contributed by atoms with van der Waals surface area (Å²) in [6.07, 6.45) is 1.74. The number of rotatable bonds is 6. The standard InChI is InChI=1S/C22H24Cl2N2O3/c1-14-5-3-7-20(15(14)2)25-21(27)13-26(12-17-6-4-10-29-17)22(28)16-8-9-18(23)19(24)11-16/h3,5,7-9,11,17H,4,6,10,12-13H2,1-2H3,(H,25,27)/t17-/m1/s1. The second kappa shape index (κ2) is 9.61. The maximum atomic E-state index is 13.1. The van der Waals surface area contributed by atoms with E-state index in [1.807, 2.05) is 32.0 Å². The Balaban J connectivity index is 1.77. The number of carbonyl (C=O) groups is 2. The first-order chi connectivity index (χ1) is 13.8. The van der Waals surface area contributed by atoms with Crippen molar-refractivity contribution in [1.29, 1.82) is 0 Å². The third-order valence-corrected chi connectivity index (χ3v) is 5.85. The highest BCUT2D eigenvalue weighted by atomic mass is 35.5. The highest BCUT2D eigenvalue weighted by Gasteiger charge is 2.25. The zero-order valence-corrected chi connectivity index (χ0v) is 18.0. The SMILES string of the molecule is Cc1cccc(NC(=O)CN(C[C@H]2CCCO2)C(=O)c2ccc(Cl)c(Cl)c2)c1C. The van der Waals surface area contributed by atoms with Crippen molar-refractivity contribution in [2.45, 2.75) is 32.8 Å². The predicted octanol–water partition coefficient (Wildman–Crippen LogP) is 4.87. The summed E-state index contributed by atoms with van der Waals surface area (Å²) in [6.45, 7) is 4.89. The van der Waals surface area contributed by atoms with Crippen LogP contribution in [0.5, 0.6) is 0 Å². The fourth-order valence-electron chi connectivity index (χ4n) is 3.31. The monoisotopic (exact) mass is 434 g/mol. The lowest BCUT2D eigenvalue weighted by Crippen LogP contribution is -2.42. The van der Waals surface area contributed by atoms with E-state index in [9.17, 15) is 9.59 Å². The van der Waals surface area contributed by atoms with Crippen LogP contribution in [0.25, 0.3) is 0 Å². The van der Waals surface area contributed by atoms with Crippen LogP contribution in [-0.2, 0) is 9.53 Å². The molecule has 0 aliphatic carbocycles. The van der Waals surface area contributed by atoms with Crippen LogP contribution in [0.1, 0.15) is 34.3 Å². The van der Waals surface area contributed by atoms with Crippen LogP contribution < -0.4 is 5.32 Å². The molecule has 0 aromatic heterocycles. The Hall–Kier alpha value is -2.08. The van der Waals surface area contributed by atoms with Crippen LogP contribution in [0.15, 0.2) is 36.4 Å². The molecule has 0 saturated carbocycles. The van der Waals surface area contributed by atoms with Crippen LogP contribution in [0, 0.1) is 13.8 Å². The number of halogens is 2. The molecule has 1 atom stereocenters. The van der Waals surface area contributed by atoms with Crippen LogP contribution in [0.4, 0.5) is 5.69 Å². The second-order valence-electron chi connectivity index (χ2n) is 7.25. The van der Waals surface area contributed by atoms with Gasteiger partial charge in [0.1, 0.15) is 6.54 Å². The van der Waals surface area contributed by atoms with Crippen molar-refractivity contribution < 1.29 is 14.3 Å². The number of ether oxygens (including phenoxy) is 1. The van der Waals surface area contributed by atoms with Crippen molar-refractivity contribution in [3.05, 3.63) is 63.1 Å². The zero-order valence-electron chi connectivity index (χ0n) is 16.5. The predicted molar refractivity (Wildman–Crippen MR) is 116 cm³/mol. The molecule has 5 nitrogen and oxygen atoms in total. The van der Waals surface area contributed by atoms with Crippen LogP contribution in [0.2, 0.25) is 10.0 Å². The van der Waals surface area contributed by atoms with Crippen LogP contribution in [0.3, 0.4) is 0 Å². The van der Waals surface area contributed by atoms with Crippen molar-refractivity contribution >= 4 is 40.7 Å². The number of hydrogen-bond donors (Lipinski definition) is 1. The fraction of sp³-hybridized carbons (Fsp3) is 0.364. The van der Waals surface area contributed by atoms with E-state index >= 15 is 0 Å². The maximum Gasteiger partial charge on any atom is 0.254 e. The number of anilines is 1. The van der Waals surface area contributed by atoms with Crippen LogP contribution in [-0.4, -0.2) is 42.5 Å². The number of carbonyl (C=O) groups excluding carboxylic acids is 2. The Morgan fingerprint density at radius 2 is 1.97 bits per heavy atom. The topological polar surface area (TPSA) is 58.6 Å². The molecular weight excluding hydrogens is 411 g/mol. The fourth-order valence-corrected chi connectivity index (χ4v) is 3.61. The largest absolute Gasteiger partial charge is 0.376 e. The Morgan fingerprint density at radius 1 is 1.17 bits per heavy atom. The maximum absolute atomic E-state index is 13.1. The average molecular weight is 435 g/mol. The zero-order chi connectivity index (χ0) is 21.0. The molecular formula is C22H24Cl2N2O3. The molecule has 7 heteroatoms. The summed E-state index contributed by atoms with van der Waals surface area (Å²) >= 11 is 12.0. The smallest absolute Gasteiger partial charge is 0.254 e. The summed E-state index contributed by atoms with van der Waals surface area (Å²) in [5, 5.41) is 3.59. The number of nitrogens with one attached hydrogen (secondary N) is 1. The average Bonchev–Trinajstić information content (AvgIpc) is 3.19. The molecule has 1 saturated heterocycles. The molecule has 1 fully saturated rings. The summed E-state index contributed by atoms with van der Waals surface area (Å²) in [5.74, 6) is -0.541. The van der Waals surface area contributed by atoms with E-state index in [0.717, 1.165) is 29.7 Å². The molecule has 0 bridgehead atoms. The highest BCUT2D eigenvalue weighted by Crippen LogP contribution is 2.24. The quantitative estimate of drug-likeness (QED) is 0.705. The summed E-state index contributed by atoms with van der Waals surface area (Å²) in [4.78, 5) is 27.3. The molecule has 2 aromatic rings. The van der Waals surface area contributed by atoms with Crippen molar-refractivity contribution in [2.75, 3.05) is 25.0 Å². The van der Waals surface area contributed by atoms with Gasteiger partial charge in [-0.2, -0.15) is 0 Å². The van der Waals surface area contributed by atoms with Crippen LogP contribution >= 0.6 is 23.2 Å². The van der Waals surface area contributed by atoms with E-state index < -0.39 is 0 Å². The first kappa shape index (κ1) is 21.6. The Kier molecular flexibility index (Phi) is 7.17. The minimum atomic E-state index is -0.282. The lowest BCUT2D eigenvalue weighted by molar-refractivity contribution is -0.117. The number of aryl methyl sites for hydroxylation is 1. The normalized spacial score (nSPS) is 15.9. The first-order valence-corrected chi connectivity index (χ1v) is 10.3. The summed E-state index contributed by atoms with van der Waals surface area (Å²) in [5.41, 5.74) is 3.22. The number of nitrogens with zero attached hydrogens (tertiary/aromatic N) is 1. The molecule has 2 aromatic carbocycles. The van der Waals surface area contributed by atoms with E-state index in [1.165, 1.54) is 11.0 Å². The number of amides is 2. The van der Waals surface area contributed by atoms with Gasteiger partial charge in [0.25, 0.3) is 5.91 Å². The lowest BCUT2D eigenvalue weighted by Gasteiger charge is -2.25. The van der Waals surface area contributed by atoms with Gasteiger partial charge < -0.3 is 15.0 Å². The van der Waals surface area contributed by atoms with E-state index in [1.54, 1.807) is 12.1 Å². The van der Waals surface area contributed by atoms with Gasteiger partial charge in [0, 0.05) is 24.4 Å². The van der Waals surface area contributed by atoms with Gasteiger partial charge >= 0.3 is 0 Å². The molecule has 2 amide bonds. The first-order valence-electron chi connectivity index (χ1n) is 9.57. The van der Waals surface area contributed by atoms with Crippen molar-refractivity contribution in [1.82, 2.24) is 4.90 Å². The molecule has 1 N–H and O–H groups in total. The summed E-state index contributed by atoms with van der Waals surface area (Å²) in [6, 6.07) is 10.5. The van der Waals surface area contributed by atoms with E-state index in [0.29, 0.717) is 28.8 Å². The summed E-state index contributed by atoms with van der Waals surface area (Å²) < 4.78 is 5.67. The molecule has 0 unspecified atom stereocenters. The highest BCUT2D eigenvalue weighted by molar-refractivity contribution is 6.42. The number of hydrogen-bond acceptors (Lipinski definition) is 3. The minimum Gasteiger partial charge on any atom is -0.376 e. The lowest BCUT2D eigenvalue weighted by atomic mass is 10.1. The molecule has 3 rings (SSSR count).